The molecule has 1 fully saturated rings. The van der Waals surface area contributed by atoms with Gasteiger partial charge in [0.25, 0.3) is 5.91 Å². The topological polar surface area (TPSA) is 85.5 Å². The van der Waals surface area contributed by atoms with Crippen LogP contribution in [0.25, 0.3) is 10.9 Å². The number of hydrogen-bond acceptors (Lipinski definition) is 4. The maximum absolute atomic E-state index is 13.1. The minimum Gasteiger partial charge on any atom is -0.376 e. The standard InChI is InChI=1S/C19H23N3O3/c1-25-19(10-8-17(20)23)9-4-12-22(13-19)18(24)15-5-2-7-16-14(15)6-3-11-21-16/h2-3,5-7,11H,4,8-10,12-13H2,1H3,(H2,20,23)/t19-/m1/s1. The number of carbonyl (C=O) groups excluding carboxylic acids is 2. The van der Waals surface area contributed by atoms with Crippen molar-refractivity contribution in [1.29, 1.82) is 0 Å². The number of carbonyl (C=O) groups is 2. The van der Waals surface area contributed by atoms with Gasteiger partial charge >= 0.3 is 0 Å². The van der Waals surface area contributed by atoms with Crippen molar-refractivity contribution < 1.29 is 14.3 Å². The fourth-order valence-corrected chi connectivity index (χ4v) is 3.56. The van der Waals surface area contributed by atoms with Gasteiger partial charge in [-0.3, -0.25) is 14.6 Å². The van der Waals surface area contributed by atoms with E-state index in [0.29, 0.717) is 25.1 Å². The molecule has 1 aromatic heterocycles. The van der Waals surface area contributed by atoms with E-state index in [2.05, 4.69) is 4.98 Å². The monoisotopic (exact) mass is 341 g/mol. The van der Waals surface area contributed by atoms with Crippen molar-refractivity contribution in [2.45, 2.75) is 31.3 Å². The summed E-state index contributed by atoms with van der Waals surface area (Å²) in [6, 6.07) is 9.33. The van der Waals surface area contributed by atoms with Gasteiger partial charge in [0, 0.05) is 43.8 Å². The average molecular weight is 341 g/mol. The molecule has 6 heteroatoms. The van der Waals surface area contributed by atoms with Crippen molar-refractivity contribution in [2.75, 3.05) is 20.2 Å². The molecule has 6 nitrogen and oxygen atoms in total. The Morgan fingerprint density at radius 1 is 1.32 bits per heavy atom. The first-order chi connectivity index (χ1) is 12.0. The summed E-state index contributed by atoms with van der Waals surface area (Å²) in [7, 11) is 1.64. The summed E-state index contributed by atoms with van der Waals surface area (Å²) in [5.41, 5.74) is 6.23. The van der Waals surface area contributed by atoms with Crippen LogP contribution in [0.15, 0.2) is 36.5 Å². The second-order valence-corrected chi connectivity index (χ2v) is 6.56. The molecule has 0 radical (unpaired) electrons. The largest absolute Gasteiger partial charge is 0.376 e. The summed E-state index contributed by atoms with van der Waals surface area (Å²) in [5, 5.41) is 0.848. The van der Waals surface area contributed by atoms with Gasteiger partial charge < -0.3 is 15.4 Å². The quantitative estimate of drug-likeness (QED) is 0.902. The van der Waals surface area contributed by atoms with Crippen LogP contribution in [0, 0.1) is 0 Å². The Hall–Kier alpha value is -2.47. The fourth-order valence-electron chi connectivity index (χ4n) is 3.56. The van der Waals surface area contributed by atoms with E-state index in [1.165, 1.54) is 0 Å². The number of hydrogen-bond donors (Lipinski definition) is 1. The highest BCUT2D eigenvalue weighted by atomic mass is 16.5. The van der Waals surface area contributed by atoms with Crippen molar-refractivity contribution in [3.63, 3.8) is 0 Å². The normalized spacial score (nSPS) is 20.6. The van der Waals surface area contributed by atoms with Gasteiger partial charge in [-0.15, -0.1) is 0 Å². The first-order valence-electron chi connectivity index (χ1n) is 8.51. The molecular weight excluding hydrogens is 318 g/mol. The number of ether oxygens (including phenoxy) is 1. The number of benzene rings is 1. The van der Waals surface area contributed by atoms with Crippen LogP contribution in [0.1, 0.15) is 36.0 Å². The van der Waals surface area contributed by atoms with Crippen LogP contribution in [0.3, 0.4) is 0 Å². The zero-order valence-electron chi connectivity index (χ0n) is 14.4. The lowest BCUT2D eigenvalue weighted by Crippen LogP contribution is -2.51. The Bertz CT molecular complexity index is 787. The van der Waals surface area contributed by atoms with E-state index in [9.17, 15) is 9.59 Å². The molecule has 0 unspecified atom stereocenters. The first kappa shape index (κ1) is 17.4. The third kappa shape index (κ3) is 3.64. The zero-order chi connectivity index (χ0) is 17.9. The minimum atomic E-state index is -0.508. The molecule has 1 aliphatic rings. The Labute approximate surface area is 147 Å². The predicted octanol–water partition coefficient (Wildman–Crippen LogP) is 2.12. The molecule has 0 saturated carbocycles. The fraction of sp³-hybridized carbons (Fsp3) is 0.421. The summed E-state index contributed by atoms with van der Waals surface area (Å²) in [6.07, 6.45) is 4.16. The van der Waals surface area contributed by atoms with E-state index < -0.39 is 5.60 Å². The average Bonchev–Trinajstić information content (AvgIpc) is 2.65. The van der Waals surface area contributed by atoms with Gasteiger partial charge in [-0.25, -0.2) is 0 Å². The Balaban J connectivity index is 1.85. The second-order valence-electron chi connectivity index (χ2n) is 6.56. The number of aromatic nitrogens is 1. The summed E-state index contributed by atoms with van der Waals surface area (Å²) in [6.45, 7) is 1.14. The summed E-state index contributed by atoms with van der Waals surface area (Å²) < 4.78 is 5.72. The number of nitrogens with two attached hydrogens (primary N) is 1. The van der Waals surface area contributed by atoms with E-state index in [1.807, 2.05) is 35.2 Å². The van der Waals surface area contributed by atoms with Gasteiger partial charge in [0.05, 0.1) is 11.1 Å². The lowest BCUT2D eigenvalue weighted by molar-refractivity contribution is -0.120. The summed E-state index contributed by atoms with van der Waals surface area (Å²) >= 11 is 0. The molecule has 0 bridgehead atoms. The molecule has 2 heterocycles. The van der Waals surface area contributed by atoms with Crippen LogP contribution < -0.4 is 5.73 Å². The molecule has 2 aromatic rings. The van der Waals surface area contributed by atoms with E-state index in [0.717, 1.165) is 23.7 Å². The number of nitrogens with zero attached hydrogens (tertiary/aromatic N) is 2. The van der Waals surface area contributed by atoms with Gasteiger partial charge in [-0.2, -0.15) is 0 Å². The van der Waals surface area contributed by atoms with Crippen molar-refractivity contribution in [3.05, 3.63) is 42.1 Å². The molecular formula is C19H23N3O3. The van der Waals surface area contributed by atoms with Gasteiger partial charge in [-0.1, -0.05) is 12.1 Å². The molecule has 132 valence electrons. The van der Waals surface area contributed by atoms with Crippen LogP contribution in [0.5, 0.6) is 0 Å². The Morgan fingerprint density at radius 3 is 2.92 bits per heavy atom. The Morgan fingerprint density at radius 2 is 2.16 bits per heavy atom. The van der Waals surface area contributed by atoms with Gasteiger partial charge in [-0.05, 0) is 37.5 Å². The third-order valence-corrected chi connectivity index (χ3v) is 4.96. The molecule has 25 heavy (non-hydrogen) atoms. The maximum atomic E-state index is 13.1. The van der Waals surface area contributed by atoms with E-state index in [-0.39, 0.29) is 18.2 Å². The third-order valence-electron chi connectivity index (χ3n) is 4.96. The van der Waals surface area contributed by atoms with Crippen LogP contribution in [-0.4, -0.2) is 47.5 Å². The van der Waals surface area contributed by atoms with Crippen molar-refractivity contribution in [1.82, 2.24) is 9.88 Å². The SMILES string of the molecule is CO[C@@]1(CCC(N)=O)CCCN(C(=O)c2cccc3ncccc23)C1. The number of pyridine rings is 1. The van der Waals surface area contributed by atoms with Crippen LogP contribution >= 0.6 is 0 Å². The minimum absolute atomic E-state index is 0.0289. The molecule has 2 N–H and O–H groups in total. The highest BCUT2D eigenvalue weighted by Gasteiger charge is 2.37. The van der Waals surface area contributed by atoms with Crippen molar-refractivity contribution >= 4 is 22.7 Å². The van der Waals surface area contributed by atoms with Gasteiger partial charge in [0.1, 0.15) is 0 Å². The lowest BCUT2D eigenvalue weighted by Gasteiger charge is -2.42. The molecule has 0 spiro atoms. The van der Waals surface area contributed by atoms with Crippen LogP contribution in [0.2, 0.25) is 0 Å². The van der Waals surface area contributed by atoms with E-state index >= 15 is 0 Å². The van der Waals surface area contributed by atoms with Crippen molar-refractivity contribution in [2.24, 2.45) is 5.73 Å². The number of fused-ring (bicyclic) bond motifs is 1. The molecule has 0 aliphatic carbocycles. The molecule has 1 atom stereocenters. The molecule has 1 saturated heterocycles. The molecule has 2 amide bonds. The number of methoxy groups -OCH3 is 1. The number of piperidine rings is 1. The molecule has 3 rings (SSSR count). The lowest BCUT2D eigenvalue weighted by atomic mass is 9.87. The second kappa shape index (κ2) is 7.19. The van der Waals surface area contributed by atoms with Crippen molar-refractivity contribution in [3.8, 4) is 0 Å². The summed E-state index contributed by atoms with van der Waals surface area (Å²) in [4.78, 5) is 30.4. The summed E-state index contributed by atoms with van der Waals surface area (Å²) in [5.74, 6) is -0.376. The van der Waals surface area contributed by atoms with Crippen LogP contribution in [-0.2, 0) is 9.53 Å². The number of amides is 2. The molecule has 1 aliphatic heterocycles. The van der Waals surface area contributed by atoms with Gasteiger partial charge in [0.2, 0.25) is 5.91 Å². The smallest absolute Gasteiger partial charge is 0.254 e. The van der Waals surface area contributed by atoms with E-state index in [1.54, 1.807) is 13.3 Å². The maximum Gasteiger partial charge on any atom is 0.254 e. The highest BCUT2D eigenvalue weighted by Crippen LogP contribution is 2.30. The Kier molecular flexibility index (Phi) is 4.99. The van der Waals surface area contributed by atoms with Gasteiger partial charge in [0.15, 0.2) is 0 Å². The number of likely N-dealkylation sites (tertiary alicyclic amines) is 1. The van der Waals surface area contributed by atoms with E-state index in [4.69, 9.17) is 10.5 Å². The highest BCUT2D eigenvalue weighted by molar-refractivity contribution is 6.06. The molecule has 1 aromatic carbocycles. The number of primary amides is 1. The first-order valence-corrected chi connectivity index (χ1v) is 8.51. The predicted molar refractivity (Wildman–Crippen MR) is 95.0 cm³/mol. The van der Waals surface area contributed by atoms with Crippen LogP contribution in [0.4, 0.5) is 0 Å². The number of rotatable bonds is 5. The zero-order valence-corrected chi connectivity index (χ0v) is 14.4.